The molecule has 4 atom stereocenters. The van der Waals surface area contributed by atoms with Gasteiger partial charge in [0.25, 0.3) is 17.7 Å². The molecule has 0 bridgehead atoms. The van der Waals surface area contributed by atoms with Crippen LogP contribution in [-0.4, -0.2) is 100 Å². The summed E-state index contributed by atoms with van der Waals surface area (Å²) in [7, 11) is 0. The molecular weight excluding hydrogens is 1430 g/mol. The average molecular weight is 1500 g/mol. The number of carbonyl (C=O) groups is 3. The molecule has 4 fully saturated rings. The van der Waals surface area contributed by atoms with E-state index < -0.39 is 0 Å². The van der Waals surface area contributed by atoms with Gasteiger partial charge in [0, 0.05) is 84.7 Å². The third-order valence-corrected chi connectivity index (χ3v) is 24.0. The lowest BCUT2D eigenvalue weighted by atomic mass is 9.90. The van der Waals surface area contributed by atoms with Crippen molar-refractivity contribution in [3.8, 4) is 17.1 Å². The summed E-state index contributed by atoms with van der Waals surface area (Å²) in [6.07, 6.45) is 24.2. The summed E-state index contributed by atoms with van der Waals surface area (Å²) in [6.45, 7) is 7.96. The van der Waals surface area contributed by atoms with E-state index in [9.17, 15) is 14.4 Å². The van der Waals surface area contributed by atoms with Crippen molar-refractivity contribution in [2.45, 2.75) is 135 Å². The summed E-state index contributed by atoms with van der Waals surface area (Å²) in [6, 6.07) is 29.2. The highest BCUT2D eigenvalue weighted by Gasteiger charge is 2.39. The number of rotatable bonds is 12. The minimum atomic E-state index is -0.155. The molecule has 15 nitrogen and oxygen atoms in total. The lowest BCUT2D eigenvalue weighted by Crippen LogP contribution is -2.54. The molecular formula is C75H76Cl6N12O3S3. The Morgan fingerprint density at radius 3 is 1.14 bits per heavy atom. The predicted octanol–water partition coefficient (Wildman–Crippen LogP) is 19.4. The largest absolute Gasteiger partial charge is 0.286 e. The second kappa shape index (κ2) is 31.1. The quantitative estimate of drug-likeness (QED) is 0.109. The van der Waals surface area contributed by atoms with Crippen LogP contribution in [0.5, 0.6) is 0 Å². The number of hydrogen-bond acceptors (Lipinski definition) is 12. The van der Waals surface area contributed by atoms with E-state index in [-0.39, 0.29) is 17.7 Å². The Labute approximate surface area is 619 Å². The van der Waals surface area contributed by atoms with Gasteiger partial charge in [-0.15, -0.1) is 34.0 Å². The van der Waals surface area contributed by atoms with E-state index in [0.717, 1.165) is 160 Å². The van der Waals surface area contributed by atoms with E-state index in [1.807, 2.05) is 55.5 Å². The van der Waals surface area contributed by atoms with E-state index in [1.165, 1.54) is 57.0 Å². The van der Waals surface area contributed by atoms with Gasteiger partial charge in [0.05, 0.1) is 49.2 Å². The molecule has 9 aromatic rings. The summed E-state index contributed by atoms with van der Waals surface area (Å²) in [5.74, 6) is 0.981. The third kappa shape index (κ3) is 15.4. The van der Waals surface area contributed by atoms with Crippen LogP contribution in [-0.2, 0) is 19.3 Å². The first kappa shape index (κ1) is 69.7. The van der Waals surface area contributed by atoms with Crippen LogP contribution in [0, 0.1) is 11.8 Å². The fraction of sp³-hybridized carbons (Fsp3) is 0.360. The number of allylic oxidation sites excluding steroid dienone is 3. The van der Waals surface area contributed by atoms with E-state index >= 15 is 0 Å². The van der Waals surface area contributed by atoms with Crippen molar-refractivity contribution in [3.05, 3.63) is 203 Å². The van der Waals surface area contributed by atoms with Gasteiger partial charge in [0.1, 0.15) is 0 Å². The molecule has 6 aromatic heterocycles. The highest BCUT2D eigenvalue weighted by molar-refractivity contribution is 7.11. The number of piperidine rings is 1. The zero-order chi connectivity index (χ0) is 68.4. The Bertz CT molecular complexity index is 4530. The molecule has 99 heavy (non-hydrogen) atoms. The molecule has 3 N–H and O–H groups in total. The molecule has 7 aliphatic rings. The van der Waals surface area contributed by atoms with Crippen LogP contribution >= 0.6 is 104 Å². The lowest BCUT2D eigenvalue weighted by molar-refractivity contribution is 0.0365. The minimum Gasteiger partial charge on any atom is -0.283 e. The third-order valence-electron chi connectivity index (χ3n) is 19.9. The van der Waals surface area contributed by atoms with Crippen molar-refractivity contribution < 1.29 is 14.4 Å². The number of hydrazine groups is 3. The first-order valence-corrected chi connectivity index (χ1v) is 39.2. The molecule has 4 unspecified atom stereocenters. The molecule has 24 heteroatoms. The van der Waals surface area contributed by atoms with E-state index in [2.05, 4.69) is 98.8 Å². The number of thiophene rings is 3. The van der Waals surface area contributed by atoms with Gasteiger partial charge in [0.15, 0.2) is 17.1 Å². The summed E-state index contributed by atoms with van der Waals surface area (Å²) < 4.78 is 5.51. The van der Waals surface area contributed by atoms with Crippen LogP contribution < -0.4 is 16.3 Å². The van der Waals surface area contributed by atoms with Gasteiger partial charge < -0.3 is 0 Å². The molecule has 3 aliphatic heterocycles. The Hall–Kier alpha value is -6.36. The van der Waals surface area contributed by atoms with Crippen LogP contribution in [0.25, 0.3) is 52.0 Å². The van der Waals surface area contributed by atoms with Crippen LogP contribution in [0.1, 0.15) is 184 Å². The van der Waals surface area contributed by atoms with Crippen LogP contribution in [0.3, 0.4) is 0 Å². The number of amides is 3. The summed E-state index contributed by atoms with van der Waals surface area (Å²) in [4.78, 5) is 43.8. The average Bonchev–Trinajstić information content (AvgIpc) is 1.62. The molecule has 3 saturated heterocycles. The molecule has 514 valence electrons. The van der Waals surface area contributed by atoms with Gasteiger partial charge >= 0.3 is 0 Å². The topological polar surface area (TPSA) is 150 Å². The number of fused-ring (bicyclic) bond motifs is 4. The Balaban J connectivity index is 0.000000127. The number of hydrogen-bond donors (Lipinski definition) is 3. The van der Waals surface area contributed by atoms with Gasteiger partial charge in [0.2, 0.25) is 0 Å². The minimum absolute atomic E-state index is 0.127. The fourth-order valence-corrected chi connectivity index (χ4v) is 18.7. The lowest BCUT2D eigenvalue weighted by Gasteiger charge is -2.38. The summed E-state index contributed by atoms with van der Waals surface area (Å²) in [5.41, 5.74) is 22.4. The van der Waals surface area contributed by atoms with Crippen molar-refractivity contribution in [1.29, 1.82) is 0 Å². The van der Waals surface area contributed by atoms with Gasteiger partial charge in [-0.1, -0.05) is 101 Å². The maximum Gasteiger partial charge on any atom is 0.286 e. The molecule has 0 radical (unpaired) electrons. The number of aromatic nitrogens is 6. The Kier molecular flexibility index (Phi) is 21.9. The highest BCUT2D eigenvalue weighted by Crippen LogP contribution is 2.43. The Morgan fingerprint density at radius 2 is 0.788 bits per heavy atom. The van der Waals surface area contributed by atoms with Gasteiger partial charge in [-0.2, -0.15) is 15.3 Å². The maximum absolute atomic E-state index is 13.6. The number of benzene rings is 3. The molecule has 16 rings (SSSR count). The van der Waals surface area contributed by atoms with Gasteiger partial charge in [-0.25, -0.2) is 29.1 Å². The Morgan fingerprint density at radius 1 is 0.434 bits per heavy atom. The van der Waals surface area contributed by atoms with Gasteiger partial charge in [-0.05, 0) is 246 Å². The second-order valence-electron chi connectivity index (χ2n) is 26.6. The zero-order valence-corrected chi connectivity index (χ0v) is 62.0. The van der Waals surface area contributed by atoms with Crippen molar-refractivity contribution in [3.63, 3.8) is 0 Å². The summed E-state index contributed by atoms with van der Waals surface area (Å²) in [5, 5.41) is 30.1. The van der Waals surface area contributed by atoms with Crippen LogP contribution in [0.15, 0.2) is 107 Å². The van der Waals surface area contributed by atoms with Crippen molar-refractivity contribution >= 4 is 156 Å². The normalized spacial score (nSPS) is 21.2. The number of carbonyl (C=O) groups excluding carboxylic acids is 3. The standard InChI is InChI=1S/C26H26Cl2N4OS.C26H28Cl2N4OS.C23H22Cl2N4OS/c27-19-9-10-23(22(28)13-19)32-25-16(12-20-7-3-11-34-20)4-2-8-21(25)24(29-32)26(33)30-31-14-17-5-1-6-18(17)15-31;1-16-6-3-7-17(2)31(16)30-26(33)24-21-10-4-8-18(14-20-9-5-13-34-20)25(21)32(29-24)23-12-11-19(27)15-22(23)28;24-16-8-9-20(19(25)14-16)29-22-15(13-17-6-4-12-31-17)5-3-7-18(22)21(26-29)23(30)27-28-10-1-2-11-28/h3,7,9-13,17-18H,1-2,4-6,8,14-15H2,(H,30,33);5,9,11-17H,3-4,6-8,10H2,1-2H3,(H,30,33);4,6,8-9,12-14H,1-3,5,7,10-11H2,(H,27,30)/b16-12+;18-14+;15-13+. The zero-order valence-electron chi connectivity index (χ0n) is 55.0. The number of halogens is 6. The summed E-state index contributed by atoms with van der Waals surface area (Å²) >= 11 is 43.3. The fourth-order valence-electron chi connectivity index (χ4n) is 15.2. The van der Waals surface area contributed by atoms with Gasteiger partial charge in [-0.3, -0.25) is 30.7 Å². The maximum atomic E-state index is 13.6. The molecule has 0 spiro atoms. The van der Waals surface area contributed by atoms with E-state index in [1.54, 1.807) is 64.3 Å². The van der Waals surface area contributed by atoms with E-state index in [4.69, 9.17) is 84.9 Å². The molecule has 3 amide bonds. The smallest absolute Gasteiger partial charge is 0.283 e. The SMILES string of the molecule is CC1CCCC(C)N1NC(=O)c1nn(-c2ccc(Cl)cc2Cl)c2c1CCC/C2=C\c1cccs1.O=C(NN1CC2CCCC2C1)c1nn(-c2ccc(Cl)cc2Cl)c2c1CCC/C2=C\c1cccs1.O=C(NN1CCCC1)c1nn(-c2ccc(Cl)cc2Cl)c2c1CCC/C2=C\c1cccs1. The van der Waals surface area contributed by atoms with Crippen LogP contribution in [0.4, 0.5) is 0 Å². The van der Waals surface area contributed by atoms with Crippen molar-refractivity contribution in [1.82, 2.24) is 60.6 Å². The van der Waals surface area contributed by atoms with Crippen molar-refractivity contribution in [2.75, 3.05) is 26.2 Å². The molecule has 1 saturated carbocycles. The van der Waals surface area contributed by atoms with Crippen LogP contribution in [0.2, 0.25) is 30.1 Å². The number of nitrogens with zero attached hydrogens (tertiary/aromatic N) is 9. The number of nitrogens with one attached hydrogen (secondary N) is 3. The predicted molar refractivity (Wildman–Crippen MR) is 406 cm³/mol. The van der Waals surface area contributed by atoms with Crippen molar-refractivity contribution in [2.24, 2.45) is 11.8 Å². The first-order valence-electron chi connectivity index (χ1n) is 34.3. The first-order chi connectivity index (χ1) is 48.1. The monoisotopic (exact) mass is 1500 g/mol. The second-order valence-corrected chi connectivity index (χ2v) is 32.0. The molecule has 3 aromatic carbocycles. The molecule has 9 heterocycles. The molecule has 4 aliphatic carbocycles. The van der Waals surface area contributed by atoms with E-state index in [0.29, 0.717) is 71.1 Å². The highest BCUT2D eigenvalue weighted by atomic mass is 35.5.